The number of anilines is 1. The average Bonchev–Trinajstić information content (AvgIpc) is 2.62. The molecule has 0 spiro atoms. The molecule has 3 rings (SSSR count). The van der Waals surface area contributed by atoms with Crippen LogP contribution in [0, 0.1) is 20.8 Å². The van der Waals surface area contributed by atoms with E-state index in [4.69, 9.17) is 4.98 Å². The molecule has 2 aromatic carbocycles. The van der Waals surface area contributed by atoms with Crippen LogP contribution in [-0.2, 0) is 4.79 Å². The van der Waals surface area contributed by atoms with Gasteiger partial charge in [0.15, 0.2) is 0 Å². The van der Waals surface area contributed by atoms with E-state index in [0.29, 0.717) is 0 Å². The Bertz CT molecular complexity index is 952. The summed E-state index contributed by atoms with van der Waals surface area (Å²) in [5.74, 6) is 0.0216. The number of rotatable bonds is 5. The van der Waals surface area contributed by atoms with Crippen molar-refractivity contribution in [3.63, 3.8) is 0 Å². The molecule has 1 amide bonds. The van der Waals surface area contributed by atoms with Crippen LogP contribution in [0.15, 0.2) is 53.6 Å². The topological polar surface area (TPSA) is 42.0 Å². The summed E-state index contributed by atoms with van der Waals surface area (Å²) >= 11 is 1.53. The molecule has 26 heavy (non-hydrogen) atoms. The van der Waals surface area contributed by atoms with Crippen molar-refractivity contribution in [3.05, 3.63) is 65.2 Å². The first-order valence-electron chi connectivity index (χ1n) is 8.89. The fourth-order valence-corrected chi connectivity index (χ4v) is 3.91. The Kier molecular flexibility index (Phi) is 5.62. The van der Waals surface area contributed by atoms with E-state index >= 15 is 0 Å². The van der Waals surface area contributed by atoms with Gasteiger partial charge >= 0.3 is 0 Å². The molecule has 0 aliphatic heterocycles. The fraction of sp³-hybridized carbons (Fsp3) is 0.273. The number of thioether (sulfide) groups is 1. The van der Waals surface area contributed by atoms with Gasteiger partial charge in [0.25, 0.3) is 0 Å². The molecule has 0 aliphatic rings. The molecule has 3 aromatic rings. The standard InChI is InChI=1S/C22H24N2OS/c1-5-20(22(25)23-17-11-10-14(2)15(3)12-17)26-21-13-16(4)18-8-6-7-9-19(18)24-21/h6-13,20H,5H2,1-4H3,(H,23,25). The maximum atomic E-state index is 12.7. The monoisotopic (exact) mass is 364 g/mol. The molecular weight excluding hydrogens is 340 g/mol. The highest BCUT2D eigenvalue weighted by molar-refractivity contribution is 8.00. The molecule has 1 heterocycles. The van der Waals surface area contributed by atoms with Crippen molar-refractivity contribution in [2.75, 3.05) is 5.32 Å². The molecule has 0 aliphatic carbocycles. The van der Waals surface area contributed by atoms with Gasteiger partial charge in [0, 0.05) is 11.1 Å². The van der Waals surface area contributed by atoms with Gasteiger partial charge in [-0.1, -0.05) is 43.0 Å². The molecule has 0 saturated carbocycles. The normalized spacial score (nSPS) is 12.2. The number of amides is 1. The number of hydrogen-bond donors (Lipinski definition) is 1. The molecule has 0 bridgehead atoms. The minimum atomic E-state index is -0.176. The summed E-state index contributed by atoms with van der Waals surface area (Å²) in [7, 11) is 0. The summed E-state index contributed by atoms with van der Waals surface area (Å²) < 4.78 is 0. The lowest BCUT2D eigenvalue weighted by Crippen LogP contribution is -2.24. The van der Waals surface area contributed by atoms with Crippen molar-refractivity contribution < 1.29 is 4.79 Å². The second-order valence-electron chi connectivity index (χ2n) is 6.60. The number of fused-ring (bicyclic) bond motifs is 1. The molecule has 4 heteroatoms. The van der Waals surface area contributed by atoms with Gasteiger partial charge in [-0.25, -0.2) is 4.98 Å². The molecule has 1 N–H and O–H groups in total. The quantitative estimate of drug-likeness (QED) is 0.593. The van der Waals surface area contributed by atoms with E-state index in [0.717, 1.165) is 28.0 Å². The van der Waals surface area contributed by atoms with Gasteiger partial charge in [-0.2, -0.15) is 0 Å². The van der Waals surface area contributed by atoms with Gasteiger partial charge in [-0.05, 0) is 68.1 Å². The average molecular weight is 365 g/mol. The van der Waals surface area contributed by atoms with Crippen LogP contribution in [0.5, 0.6) is 0 Å². The molecule has 3 nitrogen and oxygen atoms in total. The van der Waals surface area contributed by atoms with Crippen molar-refractivity contribution >= 4 is 34.3 Å². The number of hydrogen-bond acceptors (Lipinski definition) is 3. The van der Waals surface area contributed by atoms with Crippen molar-refractivity contribution in [1.29, 1.82) is 0 Å². The lowest BCUT2D eigenvalue weighted by Gasteiger charge is -2.16. The fourth-order valence-electron chi connectivity index (χ4n) is 2.89. The van der Waals surface area contributed by atoms with Crippen LogP contribution in [0.3, 0.4) is 0 Å². The highest BCUT2D eigenvalue weighted by Gasteiger charge is 2.19. The predicted molar refractivity (Wildman–Crippen MR) is 111 cm³/mol. The summed E-state index contributed by atoms with van der Waals surface area (Å²) in [4.78, 5) is 17.5. The summed E-state index contributed by atoms with van der Waals surface area (Å²) in [6, 6.07) is 16.2. The number of benzene rings is 2. The molecule has 0 radical (unpaired) electrons. The molecule has 1 aromatic heterocycles. The highest BCUT2D eigenvalue weighted by Crippen LogP contribution is 2.29. The number of aryl methyl sites for hydroxylation is 3. The van der Waals surface area contributed by atoms with Gasteiger partial charge in [0.2, 0.25) is 5.91 Å². The van der Waals surface area contributed by atoms with Crippen molar-refractivity contribution in [2.24, 2.45) is 0 Å². The minimum absolute atomic E-state index is 0.0216. The van der Waals surface area contributed by atoms with Crippen LogP contribution in [0.2, 0.25) is 0 Å². The molecule has 0 fully saturated rings. The van der Waals surface area contributed by atoms with E-state index in [1.54, 1.807) is 0 Å². The Morgan fingerprint density at radius 3 is 2.54 bits per heavy atom. The van der Waals surface area contributed by atoms with Crippen molar-refractivity contribution in [2.45, 2.75) is 44.4 Å². The number of para-hydroxylation sites is 1. The first-order valence-corrected chi connectivity index (χ1v) is 9.77. The van der Waals surface area contributed by atoms with Gasteiger partial charge in [-0.3, -0.25) is 4.79 Å². The zero-order valence-electron chi connectivity index (χ0n) is 15.7. The van der Waals surface area contributed by atoms with E-state index in [-0.39, 0.29) is 11.2 Å². The third-order valence-electron chi connectivity index (χ3n) is 4.60. The molecule has 1 unspecified atom stereocenters. The predicted octanol–water partition coefficient (Wildman–Crippen LogP) is 5.67. The van der Waals surface area contributed by atoms with Crippen LogP contribution < -0.4 is 5.32 Å². The summed E-state index contributed by atoms with van der Waals surface area (Å²) in [6.07, 6.45) is 0.745. The molecule has 134 valence electrons. The smallest absolute Gasteiger partial charge is 0.237 e. The zero-order chi connectivity index (χ0) is 18.7. The summed E-state index contributed by atoms with van der Waals surface area (Å²) in [5.41, 5.74) is 5.40. The van der Waals surface area contributed by atoms with Gasteiger partial charge in [0.05, 0.1) is 15.8 Å². The number of nitrogens with one attached hydrogen (secondary N) is 1. The van der Waals surface area contributed by atoms with E-state index in [1.165, 1.54) is 28.5 Å². The lowest BCUT2D eigenvalue weighted by molar-refractivity contribution is -0.115. The summed E-state index contributed by atoms with van der Waals surface area (Å²) in [6.45, 7) is 8.24. The second-order valence-corrected chi connectivity index (χ2v) is 7.82. The van der Waals surface area contributed by atoms with Crippen molar-refractivity contribution in [3.8, 4) is 0 Å². The zero-order valence-corrected chi connectivity index (χ0v) is 16.5. The maximum Gasteiger partial charge on any atom is 0.237 e. The Morgan fingerprint density at radius 2 is 1.81 bits per heavy atom. The lowest BCUT2D eigenvalue weighted by atomic mass is 10.1. The van der Waals surface area contributed by atoms with E-state index < -0.39 is 0 Å². The maximum absolute atomic E-state index is 12.7. The van der Waals surface area contributed by atoms with Crippen LogP contribution in [0.25, 0.3) is 10.9 Å². The Balaban J connectivity index is 1.78. The van der Waals surface area contributed by atoms with Gasteiger partial charge in [0.1, 0.15) is 0 Å². The highest BCUT2D eigenvalue weighted by atomic mass is 32.2. The Labute approximate surface area is 159 Å². The van der Waals surface area contributed by atoms with E-state index in [9.17, 15) is 4.79 Å². The first-order chi connectivity index (χ1) is 12.5. The number of carbonyl (C=O) groups excluding carboxylic acids is 1. The van der Waals surface area contributed by atoms with Crippen LogP contribution in [-0.4, -0.2) is 16.1 Å². The van der Waals surface area contributed by atoms with E-state index in [2.05, 4.69) is 38.2 Å². The number of carbonyl (C=O) groups is 1. The number of nitrogens with zero attached hydrogens (tertiary/aromatic N) is 1. The Morgan fingerprint density at radius 1 is 1.04 bits per heavy atom. The van der Waals surface area contributed by atoms with Gasteiger partial charge < -0.3 is 5.32 Å². The first kappa shape index (κ1) is 18.5. The SMILES string of the molecule is CCC(Sc1cc(C)c2ccccc2n1)C(=O)Nc1ccc(C)c(C)c1. The van der Waals surface area contributed by atoms with Crippen LogP contribution >= 0.6 is 11.8 Å². The molecular formula is C22H24N2OS. The second kappa shape index (κ2) is 7.92. The number of aromatic nitrogens is 1. The van der Waals surface area contributed by atoms with E-state index in [1.807, 2.05) is 43.3 Å². The van der Waals surface area contributed by atoms with Crippen molar-refractivity contribution in [1.82, 2.24) is 4.98 Å². The van der Waals surface area contributed by atoms with Gasteiger partial charge in [-0.15, -0.1) is 0 Å². The minimum Gasteiger partial charge on any atom is -0.325 e. The van der Waals surface area contributed by atoms with Crippen LogP contribution in [0.4, 0.5) is 5.69 Å². The molecule has 0 saturated heterocycles. The Hall–Kier alpha value is -2.33. The third kappa shape index (κ3) is 4.07. The largest absolute Gasteiger partial charge is 0.325 e. The third-order valence-corrected chi connectivity index (χ3v) is 5.88. The number of pyridine rings is 1. The molecule has 1 atom stereocenters. The summed E-state index contributed by atoms with van der Waals surface area (Å²) in [5, 5.41) is 4.92. The van der Waals surface area contributed by atoms with Crippen LogP contribution in [0.1, 0.15) is 30.0 Å².